The molecule has 0 radical (unpaired) electrons. The molecule has 9 heteroatoms. The molecule has 1 aliphatic heterocycles. The van der Waals surface area contributed by atoms with Gasteiger partial charge in [0.05, 0.1) is 31.0 Å². The first-order valence-electron chi connectivity index (χ1n) is 8.31. The fourth-order valence-electron chi connectivity index (χ4n) is 2.98. The highest BCUT2D eigenvalue weighted by Crippen LogP contribution is 2.30. The number of benzene rings is 1. The zero-order valence-electron chi connectivity index (χ0n) is 14.8. The van der Waals surface area contributed by atoms with E-state index in [9.17, 15) is 23.1 Å². The van der Waals surface area contributed by atoms with Crippen molar-refractivity contribution in [3.05, 3.63) is 24.3 Å². The number of carboxylic acid groups (broad SMARTS) is 1. The van der Waals surface area contributed by atoms with Crippen LogP contribution in [0.25, 0.3) is 0 Å². The number of carbonyl (C=O) groups is 2. The lowest BCUT2D eigenvalue weighted by Crippen LogP contribution is -2.48. The van der Waals surface area contributed by atoms with Gasteiger partial charge in [0, 0.05) is 12.6 Å². The van der Waals surface area contributed by atoms with Crippen LogP contribution in [0.4, 0.5) is 0 Å². The van der Waals surface area contributed by atoms with E-state index in [0.717, 1.165) is 0 Å². The number of hydrogen-bond donors (Lipinski definition) is 1. The van der Waals surface area contributed by atoms with E-state index in [1.807, 2.05) is 0 Å². The molecule has 0 saturated carbocycles. The maximum atomic E-state index is 12.9. The third kappa shape index (κ3) is 4.53. The molecule has 26 heavy (non-hydrogen) atoms. The van der Waals surface area contributed by atoms with Crippen molar-refractivity contribution >= 4 is 22.0 Å². The Labute approximate surface area is 152 Å². The number of nitrogens with zero attached hydrogens (tertiary/aromatic N) is 1. The summed E-state index contributed by atoms with van der Waals surface area (Å²) in [5.41, 5.74) is 0. The number of hydrogen-bond acceptors (Lipinski definition) is 6. The van der Waals surface area contributed by atoms with Crippen LogP contribution < -0.4 is 4.74 Å². The number of piperidine rings is 1. The molecule has 1 aromatic carbocycles. The number of carbonyl (C=O) groups excluding carboxylic acids is 1. The van der Waals surface area contributed by atoms with Crippen molar-refractivity contribution in [2.24, 2.45) is 5.92 Å². The number of esters is 1. The van der Waals surface area contributed by atoms with Crippen molar-refractivity contribution in [1.82, 2.24) is 4.31 Å². The topological polar surface area (TPSA) is 110 Å². The first-order chi connectivity index (χ1) is 12.3. The fourth-order valence-corrected chi connectivity index (χ4v) is 4.68. The minimum atomic E-state index is -3.79. The van der Waals surface area contributed by atoms with Gasteiger partial charge in [0.15, 0.2) is 0 Å². The first-order valence-corrected chi connectivity index (χ1v) is 9.75. The van der Waals surface area contributed by atoms with Crippen molar-refractivity contribution in [3.63, 3.8) is 0 Å². The molecule has 2 rings (SSSR count). The first kappa shape index (κ1) is 20.2. The summed E-state index contributed by atoms with van der Waals surface area (Å²) in [5, 5.41) is 9.27. The number of aliphatic carboxylic acids is 1. The molecule has 1 N–H and O–H groups in total. The highest BCUT2D eigenvalue weighted by atomic mass is 32.2. The quantitative estimate of drug-likeness (QED) is 0.708. The molecule has 0 bridgehead atoms. The molecule has 1 heterocycles. The van der Waals surface area contributed by atoms with Crippen molar-refractivity contribution in [3.8, 4) is 5.75 Å². The molecule has 1 saturated heterocycles. The Kier molecular flexibility index (Phi) is 6.60. The molecule has 0 aliphatic carbocycles. The van der Waals surface area contributed by atoms with E-state index in [2.05, 4.69) is 4.74 Å². The van der Waals surface area contributed by atoms with Gasteiger partial charge in [-0.3, -0.25) is 9.59 Å². The van der Waals surface area contributed by atoms with E-state index < -0.39 is 33.9 Å². The summed E-state index contributed by atoms with van der Waals surface area (Å²) in [7, 11) is -2.50. The average Bonchev–Trinajstić information content (AvgIpc) is 2.61. The molecule has 1 aliphatic rings. The average molecular weight is 385 g/mol. The SMILES string of the molecule is COC(=O)CCOc1ccc(S(=O)(=O)N2CCC[C@H](C(=O)O)[C@@H]2C)cc1. The van der Waals surface area contributed by atoms with Gasteiger partial charge in [-0.25, -0.2) is 8.42 Å². The van der Waals surface area contributed by atoms with E-state index in [1.54, 1.807) is 6.92 Å². The third-order valence-corrected chi connectivity index (χ3v) is 6.48. The Morgan fingerprint density at radius 3 is 2.50 bits per heavy atom. The Balaban J connectivity index is 2.09. The zero-order chi connectivity index (χ0) is 19.3. The monoisotopic (exact) mass is 385 g/mol. The second-order valence-electron chi connectivity index (χ2n) is 6.09. The molecule has 0 amide bonds. The van der Waals surface area contributed by atoms with Crippen molar-refractivity contribution in [1.29, 1.82) is 0 Å². The number of methoxy groups -OCH3 is 1. The molecule has 0 aromatic heterocycles. The van der Waals surface area contributed by atoms with Crippen LogP contribution in [-0.4, -0.2) is 56.1 Å². The van der Waals surface area contributed by atoms with Gasteiger partial charge in [-0.1, -0.05) is 0 Å². The van der Waals surface area contributed by atoms with Gasteiger partial charge in [-0.15, -0.1) is 0 Å². The van der Waals surface area contributed by atoms with Crippen LogP contribution in [0.1, 0.15) is 26.2 Å². The predicted molar refractivity (Wildman–Crippen MR) is 92.3 cm³/mol. The molecule has 1 aromatic rings. The standard InChI is InChI=1S/C17H23NO7S/c1-12-15(17(20)21)4-3-10-18(12)26(22,23)14-7-5-13(6-8-14)25-11-9-16(19)24-2/h5-8,12,15H,3-4,9-11H2,1-2H3,(H,20,21)/t12-,15-/m0/s1. The largest absolute Gasteiger partial charge is 0.493 e. The normalized spacial score (nSPS) is 21.2. The molecule has 8 nitrogen and oxygen atoms in total. The van der Waals surface area contributed by atoms with Crippen molar-refractivity contribution < 1.29 is 32.6 Å². The second-order valence-corrected chi connectivity index (χ2v) is 7.98. The molecular formula is C17H23NO7S. The number of carboxylic acids is 1. The maximum absolute atomic E-state index is 12.9. The molecule has 0 spiro atoms. The minimum absolute atomic E-state index is 0.0794. The summed E-state index contributed by atoms with van der Waals surface area (Å²) >= 11 is 0. The smallest absolute Gasteiger partial charge is 0.308 e. The summed E-state index contributed by atoms with van der Waals surface area (Å²) in [6.45, 7) is 2.05. The Bertz CT molecular complexity index is 745. The Morgan fingerprint density at radius 2 is 1.92 bits per heavy atom. The van der Waals surface area contributed by atoms with E-state index in [4.69, 9.17) is 4.74 Å². The van der Waals surface area contributed by atoms with E-state index in [0.29, 0.717) is 25.1 Å². The lowest BCUT2D eigenvalue weighted by atomic mass is 9.92. The van der Waals surface area contributed by atoms with Crippen LogP contribution in [0.2, 0.25) is 0 Å². The number of ether oxygens (including phenoxy) is 2. The Morgan fingerprint density at radius 1 is 1.27 bits per heavy atom. The lowest BCUT2D eigenvalue weighted by molar-refractivity contribution is -0.144. The van der Waals surface area contributed by atoms with E-state index in [-0.39, 0.29) is 17.9 Å². The van der Waals surface area contributed by atoms with Gasteiger partial charge >= 0.3 is 11.9 Å². The number of sulfonamides is 1. The van der Waals surface area contributed by atoms with Crippen LogP contribution in [0.15, 0.2) is 29.2 Å². The molecule has 2 atom stereocenters. The van der Waals surface area contributed by atoms with Gasteiger partial charge in [0.2, 0.25) is 10.0 Å². The maximum Gasteiger partial charge on any atom is 0.308 e. The number of rotatable bonds is 7. The van der Waals surface area contributed by atoms with Crippen molar-refractivity contribution in [2.45, 2.75) is 37.1 Å². The zero-order valence-corrected chi connectivity index (χ0v) is 15.6. The molecule has 0 unspecified atom stereocenters. The van der Waals surface area contributed by atoms with Crippen LogP contribution in [0.3, 0.4) is 0 Å². The van der Waals surface area contributed by atoms with Crippen molar-refractivity contribution in [2.75, 3.05) is 20.3 Å². The fraction of sp³-hybridized carbons (Fsp3) is 0.529. The minimum Gasteiger partial charge on any atom is -0.493 e. The summed E-state index contributed by atoms with van der Waals surface area (Å²) in [5.74, 6) is -1.65. The third-order valence-electron chi connectivity index (χ3n) is 4.48. The molecular weight excluding hydrogens is 362 g/mol. The summed E-state index contributed by atoms with van der Waals surface area (Å²) in [6, 6.07) is 5.24. The molecule has 1 fully saturated rings. The van der Waals surface area contributed by atoms with Gasteiger partial charge in [-0.05, 0) is 44.0 Å². The highest BCUT2D eigenvalue weighted by Gasteiger charge is 2.39. The van der Waals surface area contributed by atoms with Gasteiger partial charge < -0.3 is 14.6 Å². The lowest BCUT2D eigenvalue weighted by Gasteiger charge is -2.36. The summed E-state index contributed by atoms with van der Waals surface area (Å²) < 4.78 is 36.8. The van der Waals surface area contributed by atoms with Crippen LogP contribution in [0.5, 0.6) is 5.75 Å². The Hall–Kier alpha value is -2.13. The van der Waals surface area contributed by atoms with E-state index in [1.165, 1.54) is 35.7 Å². The summed E-state index contributed by atoms with van der Waals surface area (Å²) in [6.07, 6.45) is 1.07. The highest BCUT2D eigenvalue weighted by molar-refractivity contribution is 7.89. The van der Waals surface area contributed by atoms with Gasteiger partial charge in [0.1, 0.15) is 5.75 Å². The van der Waals surface area contributed by atoms with E-state index >= 15 is 0 Å². The van der Waals surface area contributed by atoms with Crippen LogP contribution in [-0.2, 0) is 24.3 Å². The van der Waals surface area contributed by atoms with Crippen LogP contribution in [0, 0.1) is 5.92 Å². The van der Waals surface area contributed by atoms with Crippen LogP contribution >= 0.6 is 0 Å². The van der Waals surface area contributed by atoms with Gasteiger partial charge in [0.25, 0.3) is 0 Å². The molecule has 144 valence electrons. The van der Waals surface area contributed by atoms with Gasteiger partial charge in [-0.2, -0.15) is 4.31 Å². The predicted octanol–water partition coefficient (Wildman–Crippen LogP) is 1.50. The summed E-state index contributed by atoms with van der Waals surface area (Å²) in [4.78, 5) is 22.4. The second kappa shape index (κ2) is 8.50.